The third-order valence-electron chi connectivity index (χ3n) is 4.92. The normalized spacial score (nSPS) is 16.4. The summed E-state index contributed by atoms with van der Waals surface area (Å²) in [5.41, 5.74) is 0.549. The molecule has 2 aromatic rings. The number of aromatic nitrogens is 1. The lowest BCUT2D eigenvalue weighted by molar-refractivity contribution is -0.146. The fourth-order valence-corrected chi connectivity index (χ4v) is 4.03. The van der Waals surface area contributed by atoms with E-state index in [1.807, 2.05) is 30.3 Å². The summed E-state index contributed by atoms with van der Waals surface area (Å²) in [6.07, 6.45) is 3.56. The van der Waals surface area contributed by atoms with Gasteiger partial charge in [-0.1, -0.05) is 30.0 Å². The summed E-state index contributed by atoms with van der Waals surface area (Å²) < 4.78 is 0. The van der Waals surface area contributed by atoms with E-state index >= 15 is 0 Å². The third-order valence-corrected chi connectivity index (χ3v) is 5.95. The molecule has 0 unspecified atom stereocenters. The monoisotopic (exact) mass is 410 g/mol. The lowest BCUT2D eigenvalue weighted by Crippen LogP contribution is -2.54. The highest BCUT2D eigenvalue weighted by Crippen LogP contribution is 2.29. The molecule has 2 fully saturated rings. The molecule has 2 heterocycles. The fraction of sp³-hybridized carbons (Fsp3) is 0.333. The van der Waals surface area contributed by atoms with Crippen LogP contribution in [0.4, 0.5) is 0 Å². The molecule has 29 heavy (non-hydrogen) atoms. The van der Waals surface area contributed by atoms with E-state index in [0.717, 1.165) is 17.7 Å². The lowest BCUT2D eigenvalue weighted by atomic mass is 10.2. The van der Waals surface area contributed by atoms with Crippen molar-refractivity contribution in [3.63, 3.8) is 0 Å². The quantitative estimate of drug-likeness (QED) is 0.778. The summed E-state index contributed by atoms with van der Waals surface area (Å²) in [5.74, 6) is -1.15. The first-order valence-corrected chi connectivity index (χ1v) is 10.5. The molecule has 0 bridgehead atoms. The predicted molar refractivity (Wildman–Crippen MR) is 108 cm³/mol. The Labute approximate surface area is 173 Å². The summed E-state index contributed by atoms with van der Waals surface area (Å²) >= 11 is 1.45. The Hall–Kier alpha value is -2.87. The van der Waals surface area contributed by atoms with E-state index in [1.54, 1.807) is 23.2 Å². The number of carbonyl (C=O) groups excluding carboxylic acids is 3. The number of benzene rings is 1. The van der Waals surface area contributed by atoms with Crippen LogP contribution >= 0.6 is 11.8 Å². The molecule has 7 nitrogen and oxygen atoms in total. The van der Waals surface area contributed by atoms with Crippen molar-refractivity contribution in [3.8, 4) is 0 Å². The van der Waals surface area contributed by atoms with Gasteiger partial charge in [0.25, 0.3) is 5.91 Å². The Kier molecular flexibility index (Phi) is 5.80. The largest absolute Gasteiger partial charge is 0.345 e. The van der Waals surface area contributed by atoms with Crippen LogP contribution in [0.1, 0.15) is 23.2 Å². The molecule has 3 amide bonds. The zero-order valence-electron chi connectivity index (χ0n) is 15.9. The number of hydrogen-bond acceptors (Lipinski definition) is 5. The molecule has 0 radical (unpaired) electrons. The van der Waals surface area contributed by atoms with Crippen molar-refractivity contribution in [1.82, 2.24) is 20.1 Å². The number of nitrogens with one attached hydrogen (secondary N) is 1. The Bertz CT molecular complexity index is 909. The van der Waals surface area contributed by atoms with E-state index in [-0.39, 0.29) is 11.9 Å². The van der Waals surface area contributed by atoms with Gasteiger partial charge < -0.3 is 15.1 Å². The van der Waals surface area contributed by atoms with Crippen molar-refractivity contribution in [2.24, 2.45) is 0 Å². The average Bonchev–Trinajstić information content (AvgIpc) is 3.58. The summed E-state index contributed by atoms with van der Waals surface area (Å²) in [6, 6.07) is 13.5. The van der Waals surface area contributed by atoms with Crippen molar-refractivity contribution in [2.75, 3.05) is 26.2 Å². The molecule has 1 N–H and O–H groups in total. The van der Waals surface area contributed by atoms with E-state index < -0.39 is 11.8 Å². The van der Waals surface area contributed by atoms with Crippen molar-refractivity contribution in [1.29, 1.82) is 0 Å². The highest BCUT2D eigenvalue weighted by molar-refractivity contribution is 7.99. The SMILES string of the molecule is O=C(NC1CC1)C(=O)N1CCN(C(=O)c2cccnc2Sc2ccccc2)CC1. The second-order valence-electron chi connectivity index (χ2n) is 7.10. The van der Waals surface area contributed by atoms with Crippen LogP contribution in [-0.2, 0) is 9.59 Å². The number of rotatable bonds is 4. The lowest BCUT2D eigenvalue weighted by Gasteiger charge is -2.34. The van der Waals surface area contributed by atoms with E-state index in [9.17, 15) is 14.4 Å². The minimum atomic E-state index is -0.541. The molecule has 150 valence electrons. The number of nitrogens with zero attached hydrogens (tertiary/aromatic N) is 3. The molecule has 1 aliphatic carbocycles. The number of amides is 3. The minimum Gasteiger partial charge on any atom is -0.345 e. The topological polar surface area (TPSA) is 82.6 Å². The zero-order valence-corrected chi connectivity index (χ0v) is 16.7. The van der Waals surface area contributed by atoms with Crippen LogP contribution in [-0.4, -0.2) is 64.7 Å². The smallest absolute Gasteiger partial charge is 0.312 e. The summed E-state index contributed by atoms with van der Waals surface area (Å²) in [5, 5.41) is 3.38. The van der Waals surface area contributed by atoms with Crippen LogP contribution in [0.25, 0.3) is 0 Å². The molecular formula is C21H22N4O3S. The number of piperazine rings is 1. The van der Waals surface area contributed by atoms with Gasteiger partial charge in [0.15, 0.2) is 0 Å². The highest BCUT2D eigenvalue weighted by Gasteiger charge is 2.32. The van der Waals surface area contributed by atoms with Crippen molar-refractivity contribution < 1.29 is 14.4 Å². The zero-order chi connectivity index (χ0) is 20.2. The molecule has 1 aromatic carbocycles. The summed E-state index contributed by atoms with van der Waals surface area (Å²) in [7, 11) is 0. The van der Waals surface area contributed by atoms with Crippen LogP contribution in [0, 0.1) is 0 Å². The first kappa shape index (κ1) is 19.4. The highest BCUT2D eigenvalue weighted by atomic mass is 32.2. The minimum absolute atomic E-state index is 0.105. The van der Waals surface area contributed by atoms with E-state index in [1.165, 1.54) is 16.7 Å². The van der Waals surface area contributed by atoms with Gasteiger partial charge in [-0.05, 0) is 37.1 Å². The molecule has 2 aliphatic rings. The molecule has 8 heteroatoms. The number of hydrogen-bond donors (Lipinski definition) is 1. The molecule has 1 saturated heterocycles. The van der Waals surface area contributed by atoms with Gasteiger partial charge in [-0.15, -0.1) is 0 Å². The molecule has 0 spiro atoms. The van der Waals surface area contributed by atoms with Crippen LogP contribution in [0.15, 0.2) is 58.6 Å². The van der Waals surface area contributed by atoms with E-state index in [4.69, 9.17) is 0 Å². The van der Waals surface area contributed by atoms with Crippen LogP contribution in [0.2, 0.25) is 0 Å². The second-order valence-corrected chi connectivity index (χ2v) is 8.17. The van der Waals surface area contributed by atoms with Gasteiger partial charge >= 0.3 is 11.8 Å². The van der Waals surface area contributed by atoms with Gasteiger partial charge in [-0.3, -0.25) is 14.4 Å². The molecule has 0 atom stereocenters. The molecule has 4 rings (SSSR count). The van der Waals surface area contributed by atoms with Crippen LogP contribution in [0.3, 0.4) is 0 Å². The first-order valence-electron chi connectivity index (χ1n) is 9.69. The van der Waals surface area contributed by atoms with Crippen LogP contribution < -0.4 is 5.32 Å². The Morgan fingerprint density at radius 1 is 0.931 bits per heavy atom. The van der Waals surface area contributed by atoms with E-state index in [2.05, 4.69) is 10.3 Å². The molecule has 1 saturated carbocycles. The van der Waals surface area contributed by atoms with Gasteiger partial charge in [0.05, 0.1) is 5.56 Å². The fourth-order valence-electron chi connectivity index (χ4n) is 3.14. The Balaban J connectivity index is 1.38. The summed E-state index contributed by atoms with van der Waals surface area (Å²) in [6.45, 7) is 1.49. The van der Waals surface area contributed by atoms with Gasteiger partial charge in [0.1, 0.15) is 5.03 Å². The van der Waals surface area contributed by atoms with Crippen molar-refractivity contribution >= 4 is 29.5 Å². The molecule has 1 aliphatic heterocycles. The maximum atomic E-state index is 13.1. The van der Waals surface area contributed by atoms with Gasteiger partial charge in [-0.25, -0.2) is 4.98 Å². The molecule has 1 aromatic heterocycles. The second kappa shape index (κ2) is 8.65. The van der Waals surface area contributed by atoms with Gasteiger partial charge in [0, 0.05) is 43.3 Å². The Morgan fingerprint density at radius 3 is 2.31 bits per heavy atom. The Morgan fingerprint density at radius 2 is 1.62 bits per heavy atom. The van der Waals surface area contributed by atoms with Crippen LogP contribution in [0.5, 0.6) is 0 Å². The predicted octanol–water partition coefficient (Wildman–Crippen LogP) is 1.80. The van der Waals surface area contributed by atoms with Crippen molar-refractivity contribution in [2.45, 2.75) is 28.8 Å². The maximum Gasteiger partial charge on any atom is 0.312 e. The van der Waals surface area contributed by atoms with E-state index in [0.29, 0.717) is 36.8 Å². The first-order chi connectivity index (χ1) is 14.1. The van der Waals surface area contributed by atoms with Crippen molar-refractivity contribution in [3.05, 3.63) is 54.2 Å². The average molecular weight is 410 g/mol. The van der Waals surface area contributed by atoms with Gasteiger partial charge in [0.2, 0.25) is 0 Å². The standard InChI is InChI=1S/C21H22N4O3S/c26-18(23-15-8-9-15)21(28)25-13-11-24(12-14-25)20(27)17-7-4-10-22-19(17)29-16-5-2-1-3-6-16/h1-7,10,15H,8-9,11-14H2,(H,23,26). The molecular weight excluding hydrogens is 388 g/mol. The number of pyridine rings is 1. The third kappa shape index (κ3) is 4.76. The van der Waals surface area contributed by atoms with Gasteiger partial charge in [-0.2, -0.15) is 0 Å². The maximum absolute atomic E-state index is 13.1. The summed E-state index contributed by atoms with van der Waals surface area (Å²) in [4.78, 5) is 45.9. The number of carbonyl (C=O) groups is 3.